The summed E-state index contributed by atoms with van der Waals surface area (Å²) in [6.07, 6.45) is -0.430. The lowest BCUT2D eigenvalue weighted by atomic mass is 10.0. The molecular weight excluding hydrogens is 302 g/mol. The maximum absolute atomic E-state index is 13.4. The molecular formula is C17H18F2N2O2. The zero-order valence-electron chi connectivity index (χ0n) is 12.6. The summed E-state index contributed by atoms with van der Waals surface area (Å²) in [6.45, 7) is 1.72. The van der Waals surface area contributed by atoms with E-state index in [1.807, 2.05) is 18.2 Å². The zero-order chi connectivity index (χ0) is 16.8. The highest BCUT2D eigenvalue weighted by Crippen LogP contribution is 2.18. The van der Waals surface area contributed by atoms with E-state index in [9.17, 15) is 18.7 Å². The number of aliphatic hydroxyl groups excluding tert-OH is 1. The fraction of sp³-hybridized carbons (Fsp3) is 0.235. The molecule has 0 bridgehead atoms. The van der Waals surface area contributed by atoms with Crippen LogP contribution in [0.25, 0.3) is 0 Å². The molecule has 2 aromatic rings. The summed E-state index contributed by atoms with van der Waals surface area (Å²) in [5.74, 6) is -1.37. The molecule has 0 saturated heterocycles. The van der Waals surface area contributed by atoms with E-state index in [1.54, 1.807) is 19.1 Å². The molecule has 0 aliphatic carbocycles. The highest BCUT2D eigenvalue weighted by atomic mass is 19.1. The van der Waals surface area contributed by atoms with Crippen LogP contribution in [0.4, 0.5) is 19.3 Å². The zero-order valence-corrected chi connectivity index (χ0v) is 12.6. The molecule has 0 saturated carbocycles. The molecule has 0 radical (unpaired) electrons. The van der Waals surface area contributed by atoms with Gasteiger partial charge in [-0.2, -0.15) is 0 Å². The van der Waals surface area contributed by atoms with Gasteiger partial charge in [0.25, 0.3) is 0 Å². The van der Waals surface area contributed by atoms with Crippen LogP contribution in [0.3, 0.4) is 0 Å². The van der Waals surface area contributed by atoms with E-state index in [0.717, 1.165) is 23.8 Å². The topological polar surface area (TPSA) is 61.4 Å². The average Bonchev–Trinajstić information content (AvgIpc) is 2.51. The first-order valence-corrected chi connectivity index (χ1v) is 7.21. The summed E-state index contributed by atoms with van der Waals surface area (Å²) in [4.78, 5) is 11.8. The van der Waals surface area contributed by atoms with Crippen LogP contribution in [0, 0.1) is 11.6 Å². The maximum Gasteiger partial charge on any atom is 0.319 e. The summed E-state index contributed by atoms with van der Waals surface area (Å²) < 4.78 is 26.5. The first kappa shape index (κ1) is 16.9. The molecule has 0 aliphatic heterocycles. The van der Waals surface area contributed by atoms with Gasteiger partial charge in [-0.1, -0.05) is 30.3 Å². The Kier molecular flexibility index (Phi) is 5.65. The molecule has 2 rings (SSSR count). The third-order valence-electron chi connectivity index (χ3n) is 3.32. The Labute approximate surface area is 133 Å². The van der Waals surface area contributed by atoms with Crippen LogP contribution < -0.4 is 10.6 Å². The molecule has 0 spiro atoms. The number of benzene rings is 2. The van der Waals surface area contributed by atoms with Gasteiger partial charge in [0.2, 0.25) is 0 Å². The first-order valence-electron chi connectivity index (χ1n) is 7.21. The van der Waals surface area contributed by atoms with E-state index in [4.69, 9.17) is 0 Å². The highest BCUT2D eigenvalue weighted by molar-refractivity contribution is 5.89. The second-order valence-corrected chi connectivity index (χ2v) is 5.29. The van der Waals surface area contributed by atoms with Gasteiger partial charge in [0.05, 0.1) is 11.8 Å². The molecule has 6 heteroatoms. The van der Waals surface area contributed by atoms with Gasteiger partial charge < -0.3 is 15.7 Å². The second kappa shape index (κ2) is 7.69. The van der Waals surface area contributed by atoms with Crippen molar-refractivity contribution in [3.8, 4) is 0 Å². The predicted molar refractivity (Wildman–Crippen MR) is 84.0 cm³/mol. The van der Waals surface area contributed by atoms with E-state index in [2.05, 4.69) is 10.6 Å². The molecule has 2 aromatic carbocycles. The van der Waals surface area contributed by atoms with Crippen LogP contribution in [0.15, 0.2) is 48.5 Å². The van der Waals surface area contributed by atoms with Crippen LogP contribution in [-0.2, 0) is 0 Å². The Morgan fingerprint density at radius 1 is 1.17 bits per heavy atom. The molecule has 23 heavy (non-hydrogen) atoms. The van der Waals surface area contributed by atoms with Gasteiger partial charge in [-0.05, 0) is 31.0 Å². The summed E-state index contributed by atoms with van der Waals surface area (Å²) in [7, 11) is 0. The van der Waals surface area contributed by atoms with Crippen molar-refractivity contribution in [2.75, 3.05) is 5.32 Å². The average molecular weight is 320 g/mol. The number of aliphatic hydroxyl groups is 1. The molecule has 0 aliphatic rings. The van der Waals surface area contributed by atoms with E-state index in [0.29, 0.717) is 6.42 Å². The standard InChI is InChI=1S/C17H18F2N2O2/c1-11(9-16(22)12-5-3-2-4-6-12)20-17(23)21-15-10-13(18)7-8-14(15)19/h2-8,10-11,16,22H,9H2,1H3,(H2,20,21,23). The molecule has 3 N–H and O–H groups in total. The van der Waals surface area contributed by atoms with E-state index < -0.39 is 23.8 Å². The summed E-state index contributed by atoms with van der Waals surface area (Å²) in [5.41, 5.74) is 0.510. The largest absolute Gasteiger partial charge is 0.388 e. The quantitative estimate of drug-likeness (QED) is 0.788. The van der Waals surface area contributed by atoms with E-state index in [-0.39, 0.29) is 11.7 Å². The second-order valence-electron chi connectivity index (χ2n) is 5.29. The Morgan fingerprint density at radius 3 is 2.57 bits per heavy atom. The van der Waals surface area contributed by atoms with Crippen LogP contribution in [0.5, 0.6) is 0 Å². The lowest BCUT2D eigenvalue weighted by Gasteiger charge is -2.18. The molecule has 2 unspecified atom stereocenters. The first-order chi connectivity index (χ1) is 11.0. The van der Waals surface area contributed by atoms with Gasteiger partial charge in [-0.25, -0.2) is 13.6 Å². The number of rotatable bonds is 5. The lowest BCUT2D eigenvalue weighted by Crippen LogP contribution is -2.37. The third kappa shape index (κ3) is 5.03. The molecule has 122 valence electrons. The number of hydrogen-bond donors (Lipinski definition) is 3. The number of carbonyl (C=O) groups excluding carboxylic acids is 1. The van der Waals surface area contributed by atoms with Crippen LogP contribution in [0.2, 0.25) is 0 Å². The normalized spacial score (nSPS) is 13.2. The van der Waals surface area contributed by atoms with Crippen molar-refractivity contribution in [2.24, 2.45) is 0 Å². The van der Waals surface area contributed by atoms with E-state index in [1.165, 1.54) is 0 Å². The fourth-order valence-corrected chi connectivity index (χ4v) is 2.18. The predicted octanol–water partition coefficient (Wildman–Crippen LogP) is 3.60. The van der Waals surface area contributed by atoms with Gasteiger partial charge in [0, 0.05) is 12.1 Å². The minimum absolute atomic E-state index is 0.238. The molecule has 4 nitrogen and oxygen atoms in total. The van der Waals surface area contributed by atoms with Crippen molar-refractivity contribution >= 4 is 11.7 Å². The van der Waals surface area contributed by atoms with Crippen molar-refractivity contribution in [1.29, 1.82) is 0 Å². The summed E-state index contributed by atoms with van der Waals surface area (Å²) >= 11 is 0. The monoisotopic (exact) mass is 320 g/mol. The summed E-state index contributed by atoms with van der Waals surface area (Å²) in [5, 5.41) is 14.9. The Balaban J connectivity index is 1.88. The molecule has 0 heterocycles. The van der Waals surface area contributed by atoms with Crippen molar-refractivity contribution in [1.82, 2.24) is 5.32 Å². The minimum Gasteiger partial charge on any atom is -0.388 e. The van der Waals surface area contributed by atoms with Gasteiger partial charge in [-0.3, -0.25) is 0 Å². The van der Waals surface area contributed by atoms with Crippen LogP contribution in [0.1, 0.15) is 25.0 Å². The van der Waals surface area contributed by atoms with Gasteiger partial charge in [0.15, 0.2) is 0 Å². The van der Waals surface area contributed by atoms with Gasteiger partial charge in [0.1, 0.15) is 11.6 Å². The smallest absolute Gasteiger partial charge is 0.319 e. The number of hydrogen-bond acceptors (Lipinski definition) is 2. The number of nitrogens with one attached hydrogen (secondary N) is 2. The van der Waals surface area contributed by atoms with Crippen LogP contribution >= 0.6 is 0 Å². The number of amides is 2. The summed E-state index contributed by atoms with van der Waals surface area (Å²) in [6, 6.07) is 10.8. The molecule has 0 aromatic heterocycles. The number of anilines is 1. The van der Waals surface area contributed by atoms with Crippen molar-refractivity contribution in [3.05, 3.63) is 65.7 Å². The fourth-order valence-electron chi connectivity index (χ4n) is 2.18. The van der Waals surface area contributed by atoms with Crippen LogP contribution in [-0.4, -0.2) is 17.2 Å². The molecule has 2 atom stereocenters. The Bertz CT molecular complexity index is 665. The molecule has 0 fully saturated rings. The van der Waals surface area contributed by atoms with Gasteiger partial charge in [-0.15, -0.1) is 0 Å². The number of urea groups is 1. The highest BCUT2D eigenvalue weighted by Gasteiger charge is 2.15. The van der Waals surface area contributed by atoms with Crippen molar-refractivity contribution < 1.29 is 18.7 Å². The lowest BCUT2D eigenvalue weighted by molar-refractivity contribution is 0.155. The SMILES string of the molecule is CC(CC(O)c1ccccc1)NC(=O)Nc1cc(F)ccc1F. The maximum atomic E-state index is 13.4. The number of carbonyl (C=O) groups is 1. The van der Waals surface area contributed by atoms with Gasteiger partial charge >= 0.3 is 6.03 Å². The minimum atomic E-state index is -0.725. The number of halogens is 2. The third-order valence-corrected chi connectivity index (χ3v) is 3.32. The van der Waals surface area contributed by atoms with E-state index >= 15 is 0 Å². The molecule has 2 amide bonds. The Hall–Kier alpha value is -2.47. The Morgan fingerprint density at radius 2 is 1.87 bits per heavy atom. The van der Waals surface area contributed by atoms with Crippen molar-refractivity contribution in [2.45, 2.75) is 25.5 Å². The van der Waals surface area contributed by atoms with Crippen molar-refractivity contribution in [3.63, 3.8) is 0 Å².